The predicted octanol–water partition coefficient (Wildman–Crippen LogP) is 4.20. The molecule has 1 aromatic heterocycles. The van der Waals surface area contributed by atoms with E-state index in [1.165, 1.54) is 21.8 Å². The molecule has 0 radical (unpaired) electrons. The second-order valence-corrected chi connectivity index (χ2v) is 9.03. The highest BCUT2D eigenvalue weighted by molar-refractivity contribution is 7.17. The molecule has 0 spiro atoms. The van der Waals surface area contributed by atoms with Crippen LogP contribution in [0.2, 0.25) is 0 Å². The van der Waals surface area contributed by atoms with Crippen LogP contribution < -0.4 is 11.1 Å². The number of carbonyl (C=O) groups is 2. The molecule has 26 heavy (non-hydrogen) atoms. The highest BCUT2D eigenvalue weighted by atomic mass is 32.1. The van der Waals surface area contributed by atoms with Gasteiger partial charge in [0.1, 0.15) is 5.00 Å². The van der Waals surface area contributed by atoms with Crippen LogP contribution in [0.1, 0.15) is 65.5 Å². The first-order chi connectivity index (χ1) is 12.3. The molecule has 0 unspecified atom stereocenters. The van der Waals surface area contributed by atoms with Crippen molar-refractivity contribution in [2.45, 2.75) is 58.3 Å². The Morgan fingerprint density at radius 1 is 1.15 bits per heavy atom. The van der Waals surface area contributed by atoms with E-state index in [2.05, 4.69) is 50.4 Å². The van der Waals surface area contributed by atoms with E-state index >= 15 is 0 Å². The number of aryl methyl sites for hydroxylation is 2. The summed E-state index contributed by atoms with van der Waals surface area (Å²) in [5, 5.41) is 3.53. The summed E-state index contributed by atoms with van der Waals surface area (Å²) in [5.74, 6) is -0.523. The summed E-state index contributed by atoms with van der Waals surface area (Å²) in [4.78, 5) is 25.3. The number of anilines is 1. The number of carbonyl (C=O) groups excluding carboxylic acids is 2. The lowest BCUT2D eigenvalue weighted by atomic mass is 9.86. The van der Waals surface area contributed by atoms with E-state index in [0.717, 1.165) is 30.4 Å². The third-order valence-corrected chi connectivity index (χ3v) is 6.09. The first-order valence-electron chi connectivity index (χ1n) is 9.09. The number of rotatable bonds is 5. The van der Waals surface area contributed by atoms with E-state index < -0.39 is 5.91 Å². The topological polar surface area (TPSA) is 72.2 Å². The van der Waals surface area contributed by atoms with Crippen molar-refractivity contribution < 1.29 is 9.59 Å². The van der Waals surface area contributed by atoms with Crippen LogP contribution in [0.15, 0.2) is 24.3 Å². The average Bonchev–Trinajstić information content (AvgIpc) is 3.12. The molecule has 1 heterocycles. The van der Waals surface area contributed by atoms with Gasteiger partial charge in [-0.15, -0.1) is 11.3 Å². The second kappa shape index (κ2) is 7.23. The lowest BCUT2D eigenvalue weighted by Gasteiger charge is -2.19. The average molecular weight is 371 g/mol. The Bertz CT molecular complexity index is 829. The fourth-order valence-electron chi connectivity index (χ4n) is 3.37. The van der Waals surface area contributed by atoms with Gasteiger partial charge < -0.3 is 11.1 Å². The molecule has 3 N–H and O–H groups in total. The maximum Gasteiger partial charge on any atom is 0.251 e. The lowest BCUT2D eigenvalue weighted by molar-refractivity contribution is -0.116. The number of benzene rings is 1. The molecule has 0 aliphatic heterocycles. The standard InChI is InChI=1S/C21H26N2O2S/c1-21(2,3)14-10-7-13(8-11-14)9-12-17(24)23-20-18(19(22)25)15-5-4-6-16(15)26-20/h7-8,10-11H,4-6,9,12H2,1-3H3,(H2,22,25)(H,23,24). The van der Waals surface area contributed by atoms with Gasteiger partial charge in [0.2, 0.25) is 5.91 Å². The first-order valence-corrected chi connectivity index (χ1v) is 9.91. The molecular weight excluding hydrogens is 344 g/mol. The molecule has 0 saturated heterocycles. The molecule has 138 valence electrons. The summed E-state index contributed by atoms with van der Waals surface area (Å²) in [6.45, 7) is 6.55. The minimum atomic E-state index is -0.447. The lowest BCUT2D eigenvalue weighted by Crippen LogP contribution is -2.18. The number of hydrogen-bond acceptors (Lipinski definition) is 3. The number of amides is 2. The molecule has 1 aliphatic carbocycles. The summed E-state index contributed by atoms with van der Waals surface area (Å²) in [5.41, 5.74) is 9.64. The summed E-state index contributed by atoms with van der Waals surface area (Å²) in [7, 11) is 0. The third-order valence-electron chi connectivity index (χ3n) is 4.88. The number of thiophene rings is 1. The Balaban J connectivity index is 1.62. The van der Waals surface area contributed by atoms with Crippen LogP contribution in [0.25, 0.3) is 0 Å². The van der Waals surface area contributed by atoms with E-state index in [-0.39, 0.29) is 11.3 Å². The van der Waals surface area contributed by atoms with Gasteiger partial charge in [-0.05, 0) is 47.8 Å². The number of nitrogens with one attached hydrogen (secondary N) is 1. The van der Waals surface area contributed by atoms with Gasteiger partial charge in [-0.3, -0.25) is 9.59 Å². The Morgan fingerprint density at radius 3 is 2.46 bits per heavy atom. The minimum Gasteiger partial charge on any atom is -0.365 e. The fraction of sp³-hybridized carbons (Fsp3) is 0.429. The van der Waals surface area contributed by atoms with Crippen molar-refractivity contribution in [1.29, 1.82) is 0 Å². The van der Waals surface area contributed by atoms with Crippen molar-refractivity contribution in [2.24, 2.45) is 5.73 Å². The van der Waals surface area contributed by atoms with Crippen molar-refractivity contribution >= 4 is 28.2 Å². The summed E-state index contributed by atoms with van der Waals surface area (Å²) < 4.78 is 0. The Morgan fingerprint density at radius 2 is 1.85 bits per heavy atom. The van der Waals surface area contributed by atoms with Crippen molar-refractivity contribution in [2.75, 3.05) is 5.32 Å². The van der Waals surface area contributed by atoms with Crippen molar-refractivity contribution in [3.8, 4) is 0 Å². The maximum absolute atomic E-state index is 12.4. The van der Waals surface area contributed by atoms with Crippen LogP contribution in [-0.2, 0) is 29.5 Å². The summed E-state index contributed by atoms with van der Waals surface area (Å²) in [6, 6.07) is 8.43. The summed E-state index contributed by atoms with van der Waals surface area (Å²) in [6.07, 6.45) is 3.96. The van der Waals surface area contributed by atoms with Crippen LogP contribution >= 0.6 is 11.3 Å². The first kappa shape index (κ1) is 18.6. The quantitative estimate of drug-likeness (QED) is 0.828. The Kier molecular flexibility index (Phi) is 5.19. The smallest absolute Gasteiger partial charge is 0.251 e. The Labute approximate surface area is 158 Å². The maximum atomic E-state index is 12.4. The highest BCUT2D eigenvalue weighted by Gasteiger charge is 2.26. The molecule has 0 bridgehead atoms. The number of fused-ring (bicyclic) bond motifs is 1. The minimum absolute atomic E-state index is 0.0766. The van der Waals surface area contributed by atoms with E-state index in [4.69, 9.17) is 5.73 Å². The second-order valence-electron chi connectivity index (χ2n) is 7.92. The van der Waals surface area contributed by atoms with Crippen LogP contribution in [0, 0.1) is 0 Å². The number of hydrogen-bond donors (Lipinski definition) is 2. The molecule has 1 aliphatic rings. The molecule has 0 fully saturated rings. The van der Waals surface area contributed by atoms with Crippen LogP contribution in [-0.4, -0.2) is 11.8 Å². The van der Waals surface area contributed by atoms with Crippen molar-refractivity contribution in [3.63, 3.8) is 0 Å². The van der Waals surface area contributed by atoms with E-state index in [1.54, 1.807) is 0 Å². The molecule has 5 heteroatoms. The highest BCUT2D eigenvalue weighted by Crippen LogP contribution is 2.38. The van der Waals surface area contributed by atoms with Crippen molar-refractivity contribution in [1.82, 2.24) is 0 Å². The number of primary amides is 1. The van der Waals surface area contributed by atoms with Crippen LogP contribution in [0.4, 0.5) is 5.00 Å². The van der Waals surface area contributed by atoms with Gasteiger partial charge in [-0.2, -0.15) is 0 Å². The zero-order valence-corrected chi connectivity index (χ0v) is 16.5. The van der Waals surface area contributed by atoms with Gasteiger partial charge in [-0.1, -0.05) is 45.0 Å². The fourth-order valence-corrected chi connectivity index (χ4v) is 4.68. The molecule has 0 saturated carbocycles. The molecule has 4 nitrogen and oxygen atoms in total. The monoisotopic (exact) mass is 370 g/mol. The number of nitrogens with two attached hydrogens (primary N) is 1. The third kappa shape index (κ3) is 3.98. The molecule has 0 atom stereocenters. The van der Waals surface area contributed by atoms with Gasteiger partial charge in [-0.25, -0.2) is 0 Å². The van der Waals surface area contributed by atoms with Crippen LogP contribution in [0.5, 0.6) is 0 Å². The Hall–Kier alpha value is -2.14. The predicted molar refractivity (Wildman–Crippen MR) is 107 cm³/mol. The van der Waals surface area contributed by atoms with Gasteiger partial charge in [0, 0.05) is 11.3 Å². The molecule has 2 amide bonds. The van der Waals surface area contributed by atoms with E-state index in [9.17, 15) is 9.59 Å². The van der Waals surface area contributed by atoms with Crippen LogP contribution in [0.3, 0.4) is 0 Å². The largest absolute Gasteiger partial charge is 0.365 e. The van der Waals surface area contributed by atoms with Gasteiger partial charge in [0.25, 0.3) is 5.91 Å². The normalized spacial score (nSPS) is 13.5. The molecular formula is C21H26N2O2S. The van der Waals surface area contributed by atoms with Gasteiger partial charge in [0.15, 0.2) is 0 Å². The molecule has 2 aromatic rings. The van der Waals surface area contributed by atoms with Gasteiger partial charge >= 0.3 is 0 Å². The zero-order valence-electron chi connectivity index (χ0n) is 15.6. The van der Waals surface area contributed by atoms with Crippen molar-refractivity contribution in [3.05, 3.63) is 51.4 Å². The van der Waals surface area contributed by atoms with Gasteiger partial charge in [0.05, 0.1) is 5.56 Å². The zero-order chi connectivity index (χ0) is 18.9. The molecule has 3 rings (SSSR count). The molecule has 1 aromatic carbocycles. The summed E-state index contributed by atoms with van der Waals surface area (Å²) >= 11 is 1.50. The SMILES string of the molecule is CC(C)(C)c1ccc(CCC(=O)Nc2sc3c(c2C(N)=O)CCC3)cc1. The van der Waals surface area contributed by atoms with E-state index in [1.807, 2.05) is 0 Å². The van der Waals surface area contributed by atoms with E-state index in [0.29, 0.717) is 23.4 Å².